The Labute approximate surface area is 159 Å². The van der Waals surface area contributed by atoms with E-state index in [9.17, 15) is 14.4 Å². The summed E-state index contributed by atoms with van der Waals surface area (Å²) in [5, 5.41) is 2.58. The summed E-state index contributed by atoms with van der Waals surface area (Å²) in [6.07, 6.45) is 2.97. The van der Waals surface area contributed by atoms with Gasteiger partial charge in [-0.1, -0.05) is 32.5 Å². The number of nitrogens with one attached hydrogen (secondary N) is 2. The molecule has 0 saturated heterocycles. The van der Waals surface area contributed by atoms with Crippen LogP contribution in [0.4, 0.5) is 4.79 Å². The molecule has 2 aromatic rings. The van der Waals surface area contributed by atoms with Crippen LogP contribution in [0.3, 0.4) is 0 Å². The first-order valence-electron chi connectivity index (χ1n) is 8.57. The summed E-state index contributed by atoms with van der Waals surface area (Å²) in [6, 6.07) is -0.891. The summed E-state index contributed by atoms with van der Waals surface area (Å²) in [7, 11) is 0. The molecule has 0 saturated carbocycles. The Kier molecular flexibility index (Phi) is 5.38. The Hall–Kier alpha value is -1.87. The number of H-pyrrole nitrogens is 1. The zero-order valence-corrected chi connectivity index (χ0v) is 16.6. The van der Waals surface area contributed by atoms with Gasteiger partial charge in [-0.3, -0.25) is 14.9 Å². The van der Waals surface area contributed by atoms with Crippen molar-refractivity contribution in [2.24, 2.45) is 17.6 Å². The Bertz CT molecular complexity index is 919. The Morgan fingerprint density at radius 1 is 1.42 bits per heavy atom. The van der Waals surface area contributed by atoms with E-state index < -0.39 is 17.2 Å². The number of hydrogen-bond acceptors (Lipinski definition) is 6. The first-order chi connectivity index (χ1) is 12.3. The molecule has 1 aliphatic rings. The van der Waals surface area contributed by atoms with E-state index >= 15 is 0 Å². The number of aromatic amines is 1. The highest BCUT2D eigenvalue weighted by Crippen LogP contribution is 2.36. The standard InChI is InChI=1S/C17H22N4O3S2/c1-7(2)12(14(23)19-16(18)24)26-17-20-13(22)11-9-5-4-8(3)6-10(9)25-15(11)21-17/h7-8,12H,4-6H2,1-3H3,(H,20,21,22)(H3,18,19,23,24)/t8-,12-/m0/s1. The van der Waals surface area contributed by atoms with Gasteiger partial charge in [-0.2, -0.15) is 0 Å². The zero-order chi connectivity index (χ0) is 19.0. The number of fused-ring (bicyclic) bond motifs is 3. The number of urea groups is 1. The van der Waals surface area contributed by atoms with Gasteiger partial charge in [-0.05, 0) is 36.7 Å². The largest absolute Gasteiger partial charge is 0.351 e. The van der Waals surface area contributed by atoms with Crippen molar-refractivity contribution in [2.45, 2.75) is 50.4 Å². The molecule has 0 spiro atoms. The Morgan fingerprint density at radius 2 is 2.15 bits per heavy atom. The lowest BCUT2D eigenvalue weighted by Crippen LogP contribution is -2.42. The Morgan fingerprint density at radius 3 is 2.81 bits per heavy atom. The molecule has 0 unspecified atom stereocenters. The Balaban J connectivity index is 1.94. The van der Waals surface area contributed by atoms with E-state index in [2.05, 4.69) is 22.2 Å². The predicted molar refractivity (Wildman–Crippen MR) is 104 cm³/mol. The molecule has 0 aromatic carbocycles. The van der Waals surface area contributed by atoms with Crippen molar-refractivity contribution >= 4 is 45.3 Å². The summed E-state index contributed by atoms with van der Waals surface area (Å²) in [5.74, 6) is 0.0589. The van der Waals surface area contributed by atoms with E-state index in [0.717, 1.165) is 36.6 Å². The second-order valence-corrected chi connectivity index (χ2v) is 9.25. The van der Waals surface area contributed by atoms with E-state index in [4.69, 9.17) is 5.73 Å². The third kappa shape index (κ3) is 3.78. The van der Waals surface area contributed by atoms with Crippen LogP contribution in [0.2, 0.25) is 0 Å². The molecule has 0 bridgehead atoms. The molecular weight excluding hydrogens is 372 g/mol. The third-order valence-electron chi connectivity index (χ3n) is 4.49. The number of nitrogens with zero attached hydrogens (tertiary/aromatic N) is 1. The second-order valence-electron chi connectivity index (χ2n) is 7.04. The third-order valence-corrected chi connectivity index (χ3v) is 7.07. The SMILES string of the molecule is CC(C)[C@H](Sc1nc2sc3c(c2c(=O)[nH]1)CC[C@H](C)C3)C(=O)NC(N)=O. The number of hydrogen-bond donors (Lipinski definition) is 3. The first-order valence-corrected chi connectivity index (χ1v) is 10.3. The summed E-state index contributed by atoms with van der Waals surface area (Å²) >= 11 is 2.71. The van der Waals surface area contributed by atoms with Gasteiger partial charge in [0.2, 0.25) is 5.91 Å². The molecule has 7 nitrogen and oxygen atoms in total. The molecule has 2 heterocycles. The number of carbonyl (C=O) groups excluding carboxylic acids is 2. The highest BCUT2D eigenvalue weighted by atomic mass is 32.2. The number of amides is 3. The maximum Gasteiger partial charge on any atom is 0.318 e. The molecule has 4 N–H and O–H groups in total. The molecule has 0 fully saturated rings. The van der Waals surface area contributed by atoms with Crippen LogP contribution >= 0.6 is 23.1 Å². The maximum absolute atomic E-state index is 12.6. The number of thioether (sulfide) groups is 1. The van der Waals surface area contributed by atoms with E-state index in [1.165, 1.54) is 4.88 Å². The molecule has 0 aliphatic heterocycles. The number of primary amides is 1. The lowest BCUT2D eigenvalue weighted by Gasteiger charge is -2.18. The minimum absolute atomic E-state index is 0.0715. The molecule has 2 atom stereocenters. The number of nitrogens with two attached hydrogens (primary N) is 1. The monoisotopic (exact) mass is 394 g/mol. The minimum atomic E-state index is -0.891. The van der Waals surface area contributed by atoms with E-state index in [0.29, 0.717) is 21.3 Å². The van der Waals surface area contributed by atoms with Crippen molar-refractivity contribution in [3.05, 3.63) is 20.8 Å². The van der Waals surface area contributed by atoms with Crippen LogP contribution in [0.1, 0.15) is 37.6 Å². The van der Waals surface area contributed by atoms with Crippen LogP contribution < -0.4 is 16.6 Å². The summed E-state index contributed by atoms with van der Waals surface area (Å²) in [4.78, 5) is 45.1. The van der Waals surface area contributed by atoms with E-state index in [-0.39, 0.29) is 11.5 Å². The van der Waals surface area contributed by atoms with Crippen molar-refractivity contribution in [3.8, 4) is 0 Å². The average Bonchev–Trinajstić information content (AvgIpc) is 2.88. The molecule has 1 aliphatic carbocycles. The smallest absolute Gasteiger partial charge is 0.318 e. The fourth-order valence-electron chi connectivity index (χ4n) is 3.19. The molecule has 26 heavy (non-hydrogen) atoms. The van der Waals surface area contributed by atoms with Gasteiger partial charge >= 0.3 is 6.03 Å². The number of carbonyl (C=O) groups is 2. The maximum atomic E-state index is 12.6. The van der Waals surface area contributed by atoms with Crippen LogP contribution in [0.5, 0.6) is 0 Å². The molecule has 140 valence electrons. The number of aromatic nitrogens is 2. The summed E-state index contributed by atoms with van der Waals surface area (Å²) in [5.41, 5.74) is 6.00. The van der Waals surface area contributed by atoms with E-state index in [1.54, 1.807) is 11.3 Å². The fourth-order valence-corrected chi connectivity index (χ4v) is 5.61. The van der Waals surface area contributed by atoms with Crippen LogP contribution in [0.15, 0.2) is 9.95 Å². The van der Waals surface area contributed by atoms with E-state index in [1.807, 2.05) is 13.8 Å². The molecule has 0 radical (unpaired) electrons. The molecule has 9 heteroatoms. The van der Waals surface area contributed by atoms with Gasteiger partial charge in [0.05, 0.1) is 10.6 Å². The average molecular weight is 395 g/mol. The van der Waals surface area contributed by atoms with Gasteiger partial charge in [0.1, 0.15) is 4.83 Å². The van der Waals surface area contributed by atoms with Crippen molar-refractivity contribution < 1.29 is 9.59 Å². The zero-order valence-electron chi connectivity index (χ0n) is 14.9. The van der Waals surface area contributed by atoms with Gasteiger partial charge < -0.3 is 10.7 Å². The van der Waals surface area contributed by atoms with Crippen LogP contribution in [-0.2, 0) is 17.6 Å². The lowest BCUT2D eigenvalue weighted by molar-refractivity contribution is -0.120. The molecular formula is C17H22N4O3S2. The van der Waals surface area contributed by atoms with Gasteiger partial charge in [0.15, 0.2) is 5.16 Å². The van der Waals surface area contributed by atoms with Crippen LogP contribution in [0, 0.1) is 11.8 Å². The van der Waals surface area contributed by atoms with Crippen molar-refractivity contribution in [1.82, 2.24) is 15.3 Å². The lowest BCUT2D eigenvalue weighted by atomic mass is 9.89. The molecule has 3 rings (SSSR count). The fraction of sp³-hybridized carbons (Fsp3) is 0.529. The van der Waals surface area contributed by atoms with Crippen molar-refractivity contribution in [3.63, 3.8) is 0 Å². The number of imide groups is 1. The van der Waals surface area contributed by atoms with Crippen LogP contribution in [0.25, 0.3) is 10.2 Å². The topological polar surface area (TPSA) is 118 Å². The summed E-state index contributed by atoms with van der Waals surface area (Å²) < 4.78 is 0. The predicted octanol–water partition coefficient (Wildman–Crippen LogP) is 2.42. The highest BCUT2D eigenvalue weighted by Gasteiger charge is 2.27. The molecule has 2 aromatic heterocycles. The highest BCUT2D eigenvalue weighted by molar-refractivity contribution is 8.00. The van der Waals surface area contributed by atoms with Gasteiger partial charge in [0.25, 0.3) is 5.56 Å². The van der Waals surface area contributed by atoms with Gasteiger partial charge in [-0.25, -0.2) is 9.78 Å². The second kappa shape index (κ2) is 7.40. The normalized spacial score (nSPS) is 17.9. The van der Waals surface area contributed by atoms with Crippen molar-refractivity contribution in [1.29, 1.82) is 0 Å². The van der Waals surface area contributed by atoms with Gasteiger partial charge in [0, 0.05) is 4.88 Å². The summed E-state index contributed by atoms with van der Waals surface area (Å²) in [6.45, 7) is 5.94. The molecule has 3 amide bonds. The quantitative estimate of drug-likeness (QED) is 0.544. The number of thiophene rings is 1. The van der Waals surface area contributed by atoms with Crippen molar-refractivity contribution in [2.75, 3.05) is 0 Å². The minimum Gasteiger partial charge on any atom is -0.351 e. The number of rotatable bonds is 4. The number of aryl methyl sites for hydroxylation is 1. The van der Waals surface area contributed by atoms with Crippen LogP contribution in [-0.4, -0.2) is 27.2 Å². The van der Waals surface area contributed by atoms with Gasteiger partial charge in [-0.15, -0.1) is 11.3 Å². The first kappa shape index (κ1) is 18.9.